The Labute approximate surface area is 128 Å². The zero-order valence-corrected chi connectivity index (χ0v) is 13.4. The van der Waals surface area contributed by atoms with Crippen LogP contribution >= 0.6 is 11.3 Å². The molecule has 112 valence electrons. The second-order valence-electron chi connectivity index (χ2n) is 5.60. The van der Waals surface area contributed by atoms with E-state index in [0.29, 0.717) is 5.13 Å². The highest BCUT2D eigenvalue weighted by Gasteiger charge is 2.15. The summed E-state index contributed by atoms with van der Waals surface area (Å²) in [6.45, 7) is 5.78. The summed E-state index contributed by atoms with van der Waals surface area (Å²) in [5.74, 6) is 0.778. The number of amides is 2. The first kappa shape index (κ1) is 15.3. The van der Waals surface area contributed by atoms with Crippen molar-refractivity contribution in [3.63, 3.8) is 0 Å². The van der Waals surface area contributed by atoms with Gasteiger partial charge in [-0.1, -0.05) is 12.1 Å². The van der Waals surface area contributed by atoms with E-state index in [1.54, 1.807) is 7.11 Å². The Balaban J connectivity index is 2.09. The maximum absolute atomic E-state index is 11.8. The van der Waals surface area contributed by atoms with E-state index in [2.05, 4.69) is 15.6 Å². The van der Waals surface area contributed by atoms with Crippen LogP contribution in [0.25, 0.3) is 11.3 Å². The standard InChI is InChI=1S/C15H19N3O2S/c1-15(2,3)18-13(19)17-14-16-12(9-21-14)10-6-5-7-11(8-10)20-4/h5-9H,1-4H3,(H2,16,17,18,19). The van der Waals surface area contributed by atoms with Gasteiger partial charge in [-0.25, -0.2) is 9.78 Å². The highest BCUT2D eigenvalue weighted by molar-refractivity contribution is 7.14. The zero-order chi connectivity index (χ0) is 15.5. The highest BCUT2D eigenvalue weighted by atomic mass is 32.1. The molecule has 2 N–H and O–H groups in total. The van der Waals surface area contributed by atoms with Gasteiger partial charge >= 0.3 is 6.03 Å². The molecule has 0 aliphatic rings. The number of nitrogens with one attached hydrogen (secondary N) is 2. The number of thiazole rings is 1. The predicted molar refractivity (Wildman–Crippen MR) is 86.0 cm³/mol. The average molecular weight is 305 g/mol. The zero-order valence-electron chi connectivity index (χ0n) is 12.6. The number of ether oxygens (including phenoxy) is 1. The van der Waals surface area contributed by atoms with Gasteiger partial charge in [0.2, 0.25) is 0 Å². The van der Waals surface area contributed by atoms with E-state index >= 15 is 0 Å². The first-order chi connectivity index (χ1) is 9.87. The van der Waals surface area contributed by atoms with Crippen LogP contribution in [0.3, 0.4) is 0 Å². The minimum absolute atomic E-state index is 0.256. The number of benzene rings is 1. The number of aromatic nitrogens is 1. The Kier molecular flexibility index (Phi) is 4.47. The van der Waals surface area contributed by atoms with Crippen LogP contribution in [0.5, 0.6) is 5.75 Å². The number of carbonyl (C=O) groups excluding carboxylic acids is 1. The van der Waals surface area contributed by atoms with Crippen LogP contribution in [-0.2, 0) is 0 Å². The van der Waals surface area contributed by atoms with Crippen molar-refractivity contribution in [2.75, 3.05) is 12.4 Å². The summed E-state index contributed by atoms with van der Waals surface area (Å²) in [6.07, 6.45) is 0. The van der Waals surface area contributed by atoms with Crippen LogP contribution in [0.4, 0.5) is 9.93 Å². The monoisotopic (exact) mass is 305 g/mol. The first-order valence-corrected chi connectivity index (χ1v) is 7.44. The molecule has 0 atom stereocenters. The topological polar surface area (TPSA) is 63.2 Å². The summed E-state index contributed by atoms with van der Waals surface area (Å²) in [6, 6.07) is 7.40. The SMILES string of the molecule is COc1cccc(-c2csc(NC(=O)NC(C)(C)C)n2)c1. The summed E-state index contributed by atoms with van der Waals surface area (Å²) in [4.78, 5) is 16.2. The molecular weight excluding hydrogens is 286 g/mol. The molecule has 6 heteroatoms. The number of anilines is 1. The van der Waals surface area contributed by atoms with Gasteiger partial charge in [0.05, 0.1) is 12.8 Å². The maximum atomic E-state index is 11.8. The molecule has 2 amide bonds. The molecule has 1 heterocycles. The van der Waals surface area contributed by atoms with Crippen molar-refractivity contribution in [2.24, 2.45) is 0 Å². The van der Waals surface area contributed by atoms with Crippen molar-refractivity contribution in [1.82, 2.24) is 10.3 Å². The third kappa shape index (κ3) is 4.46. The van der Waals surface area contributed by atoms with Crippen LogP contribution in [-0.4, -0.2) is 23.7 Å². The van der Waals surface area contributed by atoms with Crippen LogP contribution < -0.4 is 15.4 Å². The molecule has 1 aromatic heterocycles. The molecule has 5 nitrogen and oxygen atoms in total. The van der Waals surface area contributed by atoms with Crippen molar-refractivity contribution < 1.29 is 9.53 Å². The fourth-order valence-electron chi connectivity index (χ4n) is 1.72. The van der Waals surface area contributed by atoms with E-state index in [9.17, 15) is 4.79 Å². The van der Waals surface area contributed by atoms with Crippen LogP contribution in [0, 0.1) is 0 Å². The number of rotatable bonds is 3. The van der Waals surface area contributed by atoms with Crippen molar-refractivity contribution in [3.05, 3.63) is 29.6 Å². The summed E-state index contributed by atoms with van der Waals surface area (Å²) in [7, 11) is 1.63. The maximum Gasteiger partial charge on any atom is 0.321 e. The van der Waals surface area contributed by atoms with Gasteiger partial charge in [-0.15, -0.1) is 11.3 Å². The van der Waals surface area contributed by atoms with Crippen molar-refractivity contribution in [3.8, 4) is 17.0 Å². The Morgan fingerprint density at radius 2 is 2.10 bits per heavy atom. The molecular formula is C15H19N3O2S. The van der Waals surface area contributed by atoms with E-state index in [1.807, 2.05) is 50.4 Å². The third-order valence-electron chi connectivity index (χ3n) is 2.58. The fraction of sp³-hybridized carbons (Fsp3) is 0.333. The van der Waals surface area contributed by atoms with Crippen molar-refractivity contribution in [2.45, 2.75) is 26.3 Å². The van der Waals surface area contributed by atoms with Gasteiger partial charge in [-0.3, -0.25) is 5.32 Å². The van der Waals surface area contributed by atoms with Crippen LogP contribution in [0.1, 0.15) is 20.8 Å². The molecule has 1 aromatic carbocycles. The van der Waals surface area contributed by atoms with Crippen molar-refractivity contribution >= 4 is 22.5 Å². The molecule has 0 saturated heterocycles. The Morgan fingerprint density at radius 1 is 1.33 bits per heavy atom. The molecule has 2 aromatic rings. The van der Waals surface area contributed by atoms with Gasteiger partial charge in [0, 0.05) is 16.5 Å². The van der Waals surface area contributed by atoms with Gasteiger partial charge in [0.15, 0.2) is 5.13 Å². The first-order valence-electron chi connectivity index (χ1n) is 6.56. The highest BCUT2D eigenvalue weighted by Crippen LogP contribution is 2.27. The van der Waals surface area contributed by atoms with E-state index in [0.717, 1.165) is 17.0 Å². The molecule has 0 unspecified atom stereocenters. The van der Waals surface area contributed by atoms with E-state index in [1.165, 1.54) is 11.3 Å². The lowest BCUT2D eigenvalue weighted by Crippen LogP contribution is -2.43. The van der Waals surface area contributed by atoms with Crippen LogP contribution in [0.2, 0.25) is 0 Å². The van der Waals surface area contributed by atoms with Gasteiger partial charge in [-0.05, 0) is 32.9 Å². The summed E-state index contributed by atoms with van der Waals surface area (Å²) < 4.78 is 5.20. The van der Waals surface area contributed by atoms with Crippen LogP contribution in [0.15, 0.2) is 29.6 Å². The largest absolute Gasteiger partial charge is 0.497 e. The average Bonchev–Trinajstić information content (AvgIpc) is 2.85. The normalized spacial score (nSPS) is 11.0. The summed E-state index contributed by atoms with van der Waals surface area (Å²) in [5, 5.41) is 8.04. The van der Waals surface area contributed by atoms with E-state index < -0.39 is 0 Å². The minimum atomic E-state index is -0.281. The number of nitrogens with zero attached hydrogens (tertiary/aromatic N) is 1. The fourth-order valence-corrected chi connectivity index (χ4v) is 2.43. The molecule has 0 fully saturated rings. The minimum Gasteiger partial charge on any atom is -0.497 e. The van der Waals surface area contributed by atoms with Gasteiger partial charge in [0.1, 0.15) is 5.75 Å². The third-order valence-corrected chi connectivity index (χ3v) is 3.34. The molecule has 0 bridgehead atoms. The molecule has 2 rings (SSSR count). The number of urea groups is 1. The molecule has 0 saturated carbocycles. The predicted octanol–water partition coefficient (Wildman–Crippen LogP) is 3.74. The molecule has 0 radical (unpaired) electrons. The van der Waals surface area contributed by atoms with Crippen molar-refractivity contribution in [1.29, 1.82) is 0 Å². The number of hydrogen-bond donors (Lipinski definition) is 2. The number of hydrogen-bond acceptors (Lipinski definition) is 4. The smallest absolute Gasteiger partial charge is 0.321 e. The van der Waals surface area contributed by atoms with Gasteiger partial charge < -0.3 is 10.1 Å². The van der Waals surface area contributed by atoms with E-state index in [-0.39, 0.29) is 11.6 Å². The van der Waals surface area contributed by atoms with E-state index in [4.69, 9.17) is 4.74 Å². The molecule has 0 spiro atoms. The lowest BCUT2D eigenvalue weighted by molar-refractivity contribution is 0.244. The lowest BCUT2D eigenvalue weighted by atomic mass is 10.1. The molecule has 21 heavy (non-hydrogen) atoms. The Morgan fingerprint density at radius 3 is 2.76 bits per heavy atom. The van der Waals surface area contributed by atoms with Gasteiger partial charge in [-0.2, -0.15) is 0 Å². The quantitative estimate of drug-likeness (QED) is 0.908. The Hall–Kier alpha value is -2.08. The second kappa shape index (κ2) is 6.13. The summed E-state index contributed by atoms with van der Waals surface area (Å²) >= 11 is 1.39. The number of carbonyl (C=O) groups is 1. The molecule has 0 aliphatic carbocycles. The second-order valence-corrected chi connectivity index (χ2v) is 6.46. The lowest BCUT2D eigenvalue weighted by Gasteiger charge is -2.20. The van der Waals surface area contributed by atoms with Gasteiger partial charge in [0.25, 0.3) is 0 Å². The summed E-state index contributed by atoms with van der Waals surface area (Å²) in [5.41, 5.74) is 1.48. The number of methoxy groups -OCH3 is 1. The Bertz CT molecular complexity index is 632. The molecule has 0 aliphatic heterocycles.